The van der Waals surface area contributed by atoms with Gasteiger partial charge in [0.25, 0.3) is 5.78 Å². The monoisotopic (exact) mass is 512 g/mol. The number of aromatic amines is 1. The van der Waals surface area contributed by atoms with Gasteiger partial charge >= 0.3 is 5.97 Å². The number of carboxylic acids is 1. The number of aliphatic carboxylic acids is 1. The number of aromatic nitrogens is 1. The van der Waals surface area contributed by atoms with Crippen molar-refractivity contribution in [3.63, 3.8) is 0 Å². The fraction of sp³-hybridized carbons (Fsp3) is 0.120. The van der Waals surface area contributed by atoms with Crippen molar-refractivity contribution in [1.29, 1.82) is 0 Å². The number of Topliss-reactive ketones (excluding diaryl/α,β-unsaturated/α-hetero) is 1. The Morgan fingerprint density at radius 2 is 1.77 bits per heavy atom. The average Bonchev–Trinajstić information content (AvgIpc) is 3.23. The second-order valence-corrected chi connectivity index (χ2v) is 9.80. The van der Waals surface area contributed by atoms with Crippen molar-refractivity contribution in [3.8, 4) is 17.0 Å². The first-order chi connectivity index (χ1) is 16.7. The predicted molar refractivity (Wildman–Crippen MR) is 133 cm³/mol. The number of fused-ring (bicyclic) bond motifs is 1. The third-order valence-electron chi connectivity index (χ3n) is 5.52. The maximum atomic E-state index is 13.1. The maximum absolute atomic E-state index is 13.1. The molecule has 8 nitrogen and oxygen atoms in total. The molecular formula is C25H21ClN2O6S. The van der Waals surface area contributed by atoms with Crippen LogP contribution in [0, 0.1) is 0 Å². The molecule has 1 aromatic heterocycles. The molecule has 0 saturated heterocycles. The van der Waals surface area contributed by atoms with Gasteiger partial charge in [-0.25, -0.2) is 17.9 Å². The van der Waals surface area contributed by atoms with Crippen molar-refractivity contribution < 1.29 is 27.9 Å². The number of rotatable bonds is 9. The minimum absolute atomic E-state index is 0.0132. The van der Waals surface area contributed by atoms with E-state index in [1.807, 2.05) is 18.2 Å². The molecule has 4 aromatic rings. The highest BCUT2D eigenvalue weighted by Gasteiger charge is 2.26. The van der Waals surface area contributed by atoms with E-state index in [1.54, 1.807) is 37.4 Å². The molecule has 1 heterocycles. The van der Waals surface area contributed by atoms with E-state index < -0.39 is 21.8 Å². The number of carbonyl (C=O) groups is 2. The molecule has 35 heavy (non-hydrogen) atoms. The molecule has 0 atom stereocenters. The fourth-order valence-electron chi connectivity index (χ4n) is 3.87. The van der Waals surface area contributed by atoms with Crippen LogP contribution in [0.2, 0.25) is 5.02 Å². The Balaban J connectivity index is 1.69. The van der Waals surface area contributed by atoms with E-state index in [2.05, 4.69) is 9.71 Å². The lowest BCUT2D eigenvalue weighted by atomic mass is 10.0. The number of methoxy groups -OCH3 is 1. The number of halogens is 1. The highest BCUT2D eigenvalue weighted by molar-refractivity contribution is 7.89. The summed E-state index contributed by atoms with van der Waals surface area (Å²) in [4.78, 5) is 26.8. The summed E-state index contributed by atoms with van der Waals surface area (Å²) in [6, 6.07) is 18.3. The summed E-state index contributed by atoms with van der Waals surface area (Å²) in [6.07, 6.45) is 0.389. The molecule has 0 spiro atoms. The standard InChI is InChI=1S/C25H21ClN2O6S/c1-34-20-9-5-2-6-15(20)12-13-27-35(32,33)21-14-16(10-11-18(21)26)23-22(24(29)25(30)31)17-7-3-4-8-19(17)28-23/h2-11,14,27-28H,12-13H2,1H3,(H,30,31). The first-order valence-corrected chi connectivity index (χ1v) is 12.4. The van der Waals surface area contributed by atoms with Crippen molar-refractivity contribution in [2.75, 3.05) is 13.7 Å². The predicted octanol–water partition coefficient (Wildman–Crippen LogP) is 4.29. The molecule has 10 heteroatoms. The van der Waals surface area contributed by atoms with E-state index >= 15 is 0 Å². The van der Waals surface area contributed by atoms with E-state index in [0.29, 0.717) is 28.6 Å². The molecule has 0 bridgehead atoms. The van der Waals surface area contributed by atoms with Crippen LogP contribution in [0.1, 0.15) is 15.9 Å². The van der Waals surface area contributed by atoms with Gasteiger partial charge in [-0.2, -0.15) is 0 Å². The van der Waals surface area contributed by atoms with Gasteiger partial charge in [0.05, 0.1) is 23.4 Å². The Morgan fingerprint density at radius 1 is 1.06 bits per heavy atom. The van der Waals surface area contributed by atoms with Crippen LogP contribution >= 0.6 is 11.6 Å². The minimum Gasteiger partial charge on any atom is -0.496 e. The fourth-order valence-corrected chi connectivity index (χ4v) is 5.43. The van der Waals surface area contributed by atoms with E-state index in [9.17, 15) is 23.1 Å². The van der Waals surface area contributed by atoms with Crippen LogP contribution < -0.4 is 9.46 Å². The van der Waals surface area contributed by atoms with Crippen LogP contribution in [0.15, 0.2) is 71.6 Å². The summed E-state index contributed by atoms with van der Waals surface area (Å²) in [7, 11) is -2.49. The van der Waals surface area contributed by atoms with Crippen LogP contribution in [-0.2, 0) is 21.2 Å². The molecule has 0 aliphatic rings. The SMILES string of the molecule is COc1ccccc1CCNS(=O)(=O)c1cc(-c2[nH]c3ccccc3c2C(=O)C(=O)O)ccc1Cl. The van der Waals surface area contributed by atoms with Crippen LogP contribution in [0.4, 0.5) is 0 Å². The summed E-state index contributed by atoms with van der Waals surface area (Å²) in [5.41, 5.74) is 1.83. The topological polar surface area (TPSA) is 126 Å². The molecule has 0 saturated carbocycles. The van der Waals surface area contributed by atoms with Crippen LogP contribution in [-0.4, -0.2) is 43.9 Å². The first kappa shape index (κ1) is 24.5. The molecular weight excluding hydrogens is 492 g/mol. The number of sulfonamides is 1. The van der Waals surface area contributed by atoms with Gasteiger partial charge < -0.3 is 14.8 Å². The van der Waals surface area contributed by atoms with Gasteiger partial charge in [0.1, 0.15) is 10.6 Å². The van der Waals surface area contributed by atoms with Crippen molar-refractivity contribution in [1.82, 2.24) is 9.71 Å². The third-order valence-corrected chi connectivity index (χ3v) is 7.46. The minimum atomic E-state index is -4.03. The zero-order valence-electron chi connectivity index (χ0n) is 18.5. The second-order valence-electron chi connectivity index (χ2n) is 7.66. The number of hydrogen-bond donors (Lipinski definition) is 3. The van der Waals surface area contributed by atoms with Gasteiger partial charge in [-0.15, -0.1) is 0 Å². The summed E-state index contributed by atoms with van der Waals surface area (Å²) >= 11 is 6.23. The van der Waals surface area contributed by atoms with Gasteiger partial charge in [-0.1, -0.05) is 54.1 Å². The van der Waals surface area contributed by atoms with Crippen molar-refractivity contribution in [3.05, 3.63) is 82.9 Å². The smallest absolute Gasteiger partial charge is 0.377 e. The average molecular weight is 513 g/mol. The normalized spacial score (nSPS) is 11.5. The number of para-hydroxylation sites is 2. The molecule has 3 aromatic carbocycles. The zero-order chi connectivity index (χ0) is 25.2. The number of ether oxygens (including phenoxy) is 1. The van der Waals surface area contributed by atoms with Crippen LogP contribution in [0.5, 0.6) is 5.75 Å². The van der Waals surface area contributed by atoms with Gasteiger partial charge in [-0.3, -0.25) is 4.79 Å². The van der Waals surface area contributed by atoms with E-state index in [4.69, 9.17) is 16.3 Å². The van der Waals surface area contributed by atoms with Crippen LogP contribution in [0.25, 0.3) is 22.2 Å². The lowest BCUT2D eigenvalue weighted by Crippen LogP contribution is -2.26. The summed E-state index contributed by atoms with van der Waals surface area (Å²) in [5, 5.41) is 9.75. The Bertz CT molecular complexity index is 1540. The van der Waals surface area contributed by atoms with E-state index in [-0.39, 0.29) is 27.7 Å². The first-order valence-electron chi connectivity index (χ1n) is 10.5. The van der Waals surface area contributed by atoms with E-state index in [1.165, 1.54) is 18.2 Å². The van der Waals surface area contributed by atoms with E-state index in [0.717, 1.165) is 5.56 Å². The second kappa shape index (κ2) is 9.91. The van der Waals surface area contributed by atoms with Crippen molar-refractivity contribution in [2.45, 2.75) is 11.3 Å². The lowest BCUT2D eigenvalue weighted by molar-refractivity contribution is -0.131. The molecule has 0 fully saturated rings. The van der Waals surface area contributed by atoms with Gasteiger partial charge in [0.15, 0.2) is 0 Å². The number of carboxylic acid groups (broad SMARTS) is 1. The quantitative estimate of drug-likeness (QED) is 0.227. The Kier molecular flexibility index (Phi) is 6.93. The lowest BCUT2D eigenvalue weighted by Gasteiger charge is -2.12. The van der Waals surface area contributed by atoms with Gasteiger partial charge in [-0.05, 0) is 36.2 Å². The summed E-state index contributed by atoms with van der Waals surface area (Å²) in [6.45, 7) is 0.0956. The summed E-state index contributed by atoms with van der Waals surface area (Å²) < 4.78 is 34.0. The number of benzene rings is 3. The Hall–Kier alpha value is -3.66. The highest BCUT2D eigenvalue weighted by atomic mass is 35.5. The molecule has 0 aliphatic carbocycles. The molecule has 180 valence electrons. The van der Waals surface area contributed by atoms with Crippen molar-refractivity contribution >= 4 is 44.3 Å². The zero-order valence-corrected chi connectivity index (χ0v) is 20.1. The summed E-state index contributed by atoms with van der Waals surface area (Å²) in [5.74, 6) is -2.07. The van der Waals surface area contributed by atoms with Crippen LogP contribution in [0.3, 0.4) is 0 Å². The molecule has 0 unspecified atom stereocenters. The Labute approximate surface area is 206 Å². The largest absolute Gasteiger partial charge is 0.496 e. The molecule has 0 aliphatic heterocycles. The molecule has 0 radical (unpaired) electrons. The highest BCUT2D eigenvalue weighted by Crippen LogP contribution is 2.34. The number of hydrogen-bond acceptors (Lipinski definition) is 5. The third kappa shape index (κ3) is 4.93. The van der Waals surface area contributed by atoms with Gasteiger partial charge in [0.2, 0.25) is 10.0 Å². The number of nitrogens with one attached hydrogen (secondary N) is 2. The Morgan fingerprint density at radius 3 is 2.51 bits per heavy atom. The molecule has 3 N–H and O–H groups in total. The molecule has 0 amide bonds. The molecule has 4 rings (SSSR count). The number of ketones is 1. The number of carbonyl (C=O) groups excluding carboxylic acids is 1. The van der Waals surface area contributed by atoms with Crippen molar-refractivity contribution in [2.24, 2.45) is 0 Å². The maximum Gasteiger partial charge on any atom is 0.377 e. The number of H-pyrrole nitrogens is 1. The van der Waals surface area contributed by atoms with Gasteiger partial charge in [0, 0.05) is 23.0 Å².